The zero-order chi connectivity index (χ0) is 15.5. The predicted molar refractivity (Wildman–Crippen MR) is 69.1 cm³/mol. The highest BCUT2D eigenvalue weighted by Gasteiger charge is 2.33. The van der Waals surface area contributed by atoms with Gasteiger partial charge in [0.2, 0.25) is 11.0 Å². The molecule has 112 valence electrons. The molecule has 2 heterocycles. The van der Waals surface area contributed by atoms with E-state index in [1.54, 1.807) is 0 Å². The van der Waals surface area contributed by atoms with Gasteiger partial charge in [-0.2, -0.15) is 13.2 Å². The van der Waals surface area contributed by atoms with Crippen molar-refractivity contribution >= 4 is 34.1 Å². The van der Waals surface area contributed by atoms with E-state index >= 15 is 0 Å². The average Bonchev–Trinajstić information content (AvgIpc) is 2.87. The summed E-state index contributed by atoms with van der Waals surface area (Å²) in [5.41, 5.74) is -0.836. The predicted octanol–water partition coefficient (Wildman–Crippen LogP) is 1.37. The molecule has 12 heteroatoms. The first kappa shape index (κ1) is 15.4. The molecule has 0 bridgehead atoms. The van der Waals surface area contributed by atoms with Crippen LogP contribution in [0, 0.1) is 0 Å². The van der Waals surface area contributed by atoms with E-state index in [1.165, 1.54) is 5.51 Å². The quantitative estimate of drug-likeness (QED) is 0.645. The molecule has 21 heavy (non-hydrogen) atoms. The highest BCUT2D eigenvalue weighted by molar-refractivity contribution is 7.99. The van der Waals surface area contributed by atoms with Crippen molar-refractivity contribution < 1.29 is 18.0 Å². The van der Waals surface area contributed by atoms with Crippen molar-refractivity contribution in [2.75, 3.05) is 11.1 Å². The monoisotopic (exact) mass is 337 g/mol. The smallest absolute Gasteiger partial charge is 0.301 e. The molecule has 0 radical (unpaired) electrons. The Kier molecular flexibility index (Phi) is 4.57. The maximum atomic E-state index is 12.5. The number of H-pyrrole nitrogens is 1. The third kappa shape index (κ3) is 4.53. The molecule has 0 aliphatic rings. The van der Waals surface area contributed by atoms with Crippen LogP contribution in [0.15, 0.2) is 21.5 Å². The van der Waals surface area contributed by atoms with Crippen LogP contribution in [0.25, 0.3) is 0 Å². The molecule has 2 aromatic heterocycles. The summed E-state index contributed by atoms with van der Waals surface area (Å²) in [5, 5.41) is 9.46. The normalized spacial score (nSPS) is 11.4. The molecule has 2 aromatic rings. The summed E-state index contributed by atoms with van der Waals surface area (Å²) in [5.74, 6) is -0.735. The van der Waals surface area contributed by atoms with E-state index in [-0.39, 0.29) is 16.0 Å². The van der Waals surface area contributed by atoms with Crippen LogP contribution in [-0.4, -0.2) is 31.8 Å². The number of aromatic amines is 1. The highest BCUT2D eigenvalue weighted by atomic mass is 32.2. The highest BCUT2D eigenvalue weighted by Crippen LogP contribution is 2.27. The first-order valence-corrected chi connectivity index (χ1v) is 7.08. The van der Waals surface area contributed by atoms with E-state index in [2.05, 4.69) is 25.5 Å². The summed E-state index contributed by atoms with van der Waals surface area (Å²) < 4.78 is 37.4. The van der Waals surface area contributed by atoms with Gasteiger partial charge in [-0.25, -0.2) is 4.98 Å². The Balaban J connectivity index is 2.01. The summed E-state index contributed by atoms with van der Waals surface area (Å²) in [6.45, 7) is 0. The molecule has 0 saturated heterocycles. The Hall–Kier alpha value is -1.95. The van der Waals surface area contributed by atoms with Crippen molar-refractivity contribution in [3.8, 4) is 0 Å². The van der Waals surface area contributed by atoms with Crippen molar-refractivity contribution in [1.29, 1.82) is 0 Å². The van der Waals surface area contributed by atoms with E-state index in [1.807, 2.05) is 0 Å². The van der Waals surface area contributed by atoms with Gasteiger partial charge in [0.25, 0.3) is 5.56 Å². The van der Waals surface area contributed by atoms with E-state index in [0.717, 1.165) is 11.3 Å². The van der Waals surface area contributed by atoms with Crippen LogP contribution in [0.2, 0.25) is 0 Å². The molecule has 0 aromatic carbocycles. The number of amides is 1. The Labute approximate surface area is 123 Å². The minimum atomic E-state index is -4.72. The molecule has 2 rings (SSSR count). The molecule has 2 N–H and O–H groups in total. The maximum absolute atomic E-state index is 12.5. The average molecular weight is 337 g/mol. The third-order valence-corrected chi connectivity index (χ3v) is 3.44. The van der Waals surface area contributed by atoms with Crippen LogP contribution in [0.3, 0.4) is 0 Å². The SMILES string of the molecule is O=C(CSc1nc(C(F)(F)F)cc(=O)[nH]1)Nc1nncs1. The van der Waals surface area contributed by atoms with Crippen LogP contribution >= 0.6 is 23.1 Å². The van der Waals surface area contributed by atoms with Crippen molar-refractivity contribution in [1.82, 2.24) is 20.2 Å². The number of carbonyl (C=O) groups is 1. The van der Waals surface area contributed by atoms with Gasteiger partial charge in [0.05, 0.1) is 5.75 Å². The van der Waals surface area contributed by atoms with Crippen LogP contribution < -0.4 is 10.9 Å². The number of aromatic nitrogens is 4. The lowest BCUT2D eigenvalue weighted by atomic mass is 10.4. The number of anilines is 1. The van der Waals surface area contributed by atoms with Gasteiger partial charge in [-0.1, -0.05) is 23.1 Å². The summed E-state index contributed by atoms with van der Waals surface area (Å²) in [4.78, 5) is 28.0. The van der Waals surface area contributed by atoms with Crippen molar-refractivity contribution in [2.45, 2.75) is 11.3 Å². The molecule has 0 atom stereocenters. The van der Waals surface area contributed by atoms with Gasteiger partial charge in [-0.3, -0.25) is 14.9 Å². The summed E-state index contributed by atoms with van der Waals surface area (Å²) in [6.07, 6.45) is -4.72. The second kappa shape index (κ2) is 6.22. The summed E-state index contributed by atoms with van der Waals surface area (Å²) in [6, 6.07) is 0.353. The van der Waals surface area contributed by atoms with Crippen molar-refractivity contribution in [3.63, 3.8) is 0 Å². The molecule has 0 aliphatic heterocycles. The number of carbonyl (C=O) groups excluding carboxylic acids is 1. The molecule has 0 fully saturated rings. The van der Waals surface area contributed by atoms with Gasteiger partial charge in [-0.05, 0) is 0 Å². The number of halogens is 3. The van der Waals surface area contributed by atoms with E-state index in [4.69, 9.17) is 0 Å². The number of alkyl halides is 3. The Morgan fingerprint density at radius 1 is 1.48 bits per heavy atom. The zero-order valence-corrected chi connectivity index (χ0v) is 11.6. The molecule has 0 aliphatic carbocycles. The number of hydrogen-bond acceptors (Lipinski definition) is 7. The fourth-order valence-corrected chi connectivity index (χ4v) is 2.30. The maximum Gasteiger partial charge on any atom is 0.433 e. The number of rotatable bonds is 4. The number of hydrogen-bond donors (Lipinski definition) is 2. The zero-order valence-electron chi connectivity index (χ0n) is 9.97. The van der Waals surface area contributed by atoms with Gasteiger partial charge < -0.3 is 4.98 Å². The van der Waals surface area contributed by atoms with Crippen LogP contribution in [0.5, 0.6) is 0 Å². The first-order chi connectivity index (χ1) is 9.84. The number of nitrogens with zero attached hydrogens (tertiary/aromatic N) is 3. The van der Waals surface area contributed by atoms with Crippen LogP contribution in [-0.2, 0) is 11.0 Å². The molecule has 7 nitrogen and oxygen atoms in total. The Morgan fingerprint density at radius 3 is 2.86 bits per heavy atom. The molecule has 1 amide bonds. The second-order valence-corrected chi connectivity index (χ2v) is 5.31. The number of nitrogens with one attached hydrogen (secondary N) is 2. The minimum absolute atomic E-state index is 0.232. The number of thioether (sulfide) groups is 1. The largest absolute Gasteiger partial charge is 0.433 e. The van der Waals surface area contributed by atoms with Gasteiger partial charge in [-0.15, -0.1) is 10.2 Å². The van der Waals surface area contributed by atoms with Gasteiger partial charge in [0.15, 0.2) is 10.9 Å². The second-order valence-electron chi connectivity index (χ2n) is 3.51. The Morgan fingerprint density at radius 2 is 2.24 bits per heavy atom. The lowest BCUT2D eigenvalue weighted by Gasteiger charge is -2.06. The van der Waals surface area contributed by atoms with E-state index in [9.17, 15) is 22.8 Å². The Bertz CT molecular complexity index is 685. The van der Waals surface area contributed by atoms with Gasteiger partial charge in [0.1, 0.15) is 5.51 Å². The first-order valence-electron chi connectivity index (χ1n) is 5.22. The fraction of sp³-hybridized carbons (Fsp3) is 0.222. The van der Waals surface area contributed by atoms with E-state index < -0.39 is 23.3 Å². The fourth-order valence-electron chi connectivity index (χ4n) is 1.17. The van der Waals surface area contributed by atoms with Crippen molar-refractivity contribution in [3.05, 3.63) is 27.6 Å². The molecule has 0 unspecified atom stereocenters. The minimum Gasteiger partial charge on any atom is -0.301 e. The molecule has 0 spiro atoms. The van der Waals surface area contributed by atoms with Crippen LogP contribution in [0.1, 0.15) is 5.69 Å². The van der Waals surface area contributed by atoms with Crippen LogP contribution in [0.4, 0.5) is 18.3 Å². The third-order valence-electron chi connectivity index (χ3n) is 1.96. The van der Waals surface area contributed by atoms with Gasteiger partial charge in [0, 0.05) is 6.07 Å². The topological polar surface area (TPSA) is 101 Å². The molecule has 0 saturated carbocycles. The standard InChI is InChI=1S/C9H6F3N5O2S2/c10-9(11,12)4-1-5(18)15-7(14-4)20-2-6(19)16-8-17-13-3-21-8/h1,3H,2H2,(H,14,15,18)(H,16,17,19). The van der Waals surface area contributed by atoms with Crippen molar-refractivity contribution in [2.24, 2.45) is 0 Å². The molecular weight excluding hydrogens is 331 g/mol. The lowest BCUT2D eigenvalue weighted by molar-refractivity contribution is -0.141. The lowest BCUT2D eigenvalue weighted by Crippen LogP contribution is -2.18. The van der Waals surface area contributed by atoms with Gasteiger partial charge >= 0.3 is 6.18 Å². The van der Waals surface area contributed by atoms with E-state index in [0.29, 0.717) is 17.8 Å². The summed E-state index contributed by atoms with van der Waals surface area (Å²) in [7, 11) is 0. The molecular formula is C9H6F3N5O2S2. The summed E-state index contributed by atoms with van der Waals surface area (Å²) >= 11 is 1.77.